The van der Waals surface area contributed by atoms with Crippen LogP contribution in [0.25, 0.3) is 10.8 Å². The van der Waals surface area contributed by atoms with Crippen molar-refractivity contribution in [1.82, 2.24) is 20.1 Å². The summed E-state index contributed by atoms with van der Waals surface area (Å²) in [6.45, 7) is 2.66. The molecular formula is C24H23N7O. The van der Waals surface area contributed by atoms with Gasteiger partial charge in [0.2, 0.25) is 0 Å². The van der Waals surface area contributed by atoms with Crippen molar-refractivity contribution < 1.29 is 4.79 Å². The lowest BCUT2D eigenvalue weighted by atomic mass is 10.1. The molecule has 5 rings (SSSR count). The van der Waals surface area contributed by atoms with Gasteiger partial charge in [0.05, 0.1) is 0 Å². The third kappa shape index (κ3) is 4.44. The number of nitrogens with one attached hydrogen (secondary N) is 2. The van der Waals surface area contributed by atoms with E-state index < -0.39 is 0 Å². The van der Waals surface area contributed by atoms with E-state index in [1.807, 2.05) is 65.6 Å². The van der Waals surface area contributed by atoms with Gasteiger partial charge in [-0.1, -0.05) is 30.3 Å². The molecule has 0 spiro atoms. The fourth-order valence-electron chi connectivity index (χ4n) is 3.75. The van der Waals surface area contributed by atoms with E-state index in [4.69, 9.17) is 0 Å². The van der Waals surface area contributed by atoms with Crippen LogP contribution < -0.4 is 15.5 Å². The molecule has 2 amide bonds. The third-order valence-electron chi connectivity index (χ3n) is 5.49. The van der Waals surface area contributed by atoms with Gasteiger partial charge in [0, 0.05) is 49.9 Å². The highest BCUT2D eigenvalue weighted by molar-refractivity contribution is 5.93. The lowest BCUT2D eigenvalue weighted by molar-refractivity contribution is 0.208. The minimum Gasteiger partial charge on any atom is -0.352 e. The van der Waals surface area contributed by atoms with Gasteiger partial charge in [0.15, 0.2) is 11.6 Å². The number of anilines is 4. The quantitative estimate of drug-likeness (QED) is 0.512. The summed E-state index contributed by atoms with van der Waals surface area (Å²) in [5, 5.41) is 17.1. The molecule has 0 atom stereocenters. The van der Waals surface area contributed by atoms with Crippen molar-refractivity contribution in [1.29, 1.82) is 0 Å². The SMILES string of the molecule is O=C(Nc1ccc2ccccc2c1)N1CCN(c2ccc(Nc3ccncc3)nn2)CC1. The molecule has 1 saturated heterocycles. The molecule has 2 aromatic heterocycles. The van der Waals surface area contributed by atoms with Crippen LogP contribution in [-0.2, 0) is 0 Å². The lowest BCUT2D eigenvalue weighted by Crippen LogP contribution is -2.50. The van der Waals surface area contributed by atoms with E-state index in [-0.39, 0.29) is 6.03 Å². The number of urea groups is 1. The van der Waals surface area contributed by atoms with Crippen LogP contribution in [0, 0.1) is 0 Å². The Labute approximate surface area is 185 Å². The molecule has 8 nitrogen and oxygen atoms in total. The van der Waals surface area contributed by atoms with E-state index in [0.717, 1.165) is 28.0 Å². The molecule has 8 heteroatoms. The van der Waals surface area contributed by atoms with E-state index in [2.05, 4.69) is 36.8 Å². The van der Waals surface area contributed by atoms with Crippen molar-refractivity contribution in [3.05, 3.63) is 79.1 Å². The smallest absolute Gasteiger partial charge is 0.321 e. The molecule has 1 aliphatic heterocycles. The van der Waals surface area contributed by atoms with Crippen molar-refractivity contribution in [2.45, 2.75) is 0 Å². The monoisotopic (exact) mass is 425 g/mol. The summed E-state index contributed by atoms with van der Waals surface area (Å²) in [4.78, 5) is 20.7. The highest BCUT2D eigenvalue weighted by Crippen LogP contribution is 2.20. The number of rotatable bonds is 4. The van der Waals surface area contributed by atoms with Crippen LogP contribution in [0.3, 0.4) is 0 Å². The summed E-state index contributed by atoms with van der Waals surface area (Å²) < 4.78 is 0. The zero-order valence-electron chi connectivity index (χ0n) is 17.5. The number of nitrogens with zero attached hydrogens (tertiary/aromatic N) is 5. The summed E-state index contributed by atoms with van der Waals surface area (Å²) >= 11 is 0. The maximum Gasteiger partial charge on any atom is 0.321 e. The first-order valence-corrected chi connectivity index (χ1v) is 10.5. The lowest BCUT2D eigenvalue weighted by Gasteiger charge is -2.35. The minimum atomic E-state index is -0.0806. The topological polar surface area (TPSA) is 86.3 Å². The van der Waals surface area contributed by atoms with Gasteiger partial charge in [-0.2, -0.15) is 0 Å². The average molecular weight is 425 g/mol. The Kier molecular flexibility index (Phi) is 5.48. The fraction of sp³-hybridized carbons (Fsp3) is 0.167. The average Bonchev–Trinajstić information content (AvgIpc) is 2.85. The molecular weight excluding hydrogens is 402 g/mol. The predicted octanol–water partition coefficient (Wildman–Crippen LogP) is 4.12. The Hall–Kier alpha value is -4.20. The Morgan fingerprint density at radius 1 is 0.781 bits per heavy atom. The summed E-state index contributed by atoms with van der Waals surface area (Å²) in [7, 11) is 0. The van der Waals surface area contributed by atoms with Gasteiger partial charge in [0.1, 0.15) is 0 Å². The number of pyridine rings is 1. The number of hydrogen-bond acceptors (Lipinski definition) is 6. The van der Waals surface area contributed by atoms with Gasteiger partial charge in [-0.25, -0.2) is 4.79 Å². The molecule has 0 unspecified atom stereocenters. The molecule has 160 valence electrons. The van der Waals surface area contributed by atoms with Gasteiger partial charge in [0.25, 0.3) is 0 Å². The van der Waals surface area contributed by atoms with Crippen LogP contribution in [-0.4, -0.2) is 52.3 Å². The molecule has 0 aliphatic carbocycles. The molecule has 1 aliphatic rings. The number of carbonyl (C=O) groups is 1. The van der Waals surface area contributed by atoms with Crippen LogP contribution in [0.1, 0.15) is 0 Å². The number of fused-ring (bicyclic) bond motifs is 1. The maximum atomic E-state index is 12.7. The largest absolute Gasteiger partial charge is 0.352 e. The molecule has 32 heavy (non-hydrogen) atoms. The van der Waals surface area contributed by atoms with Crippen LogP contribution in [0.4, 0.5) is 27.8 Å². The normalized spacial score (nSPS) is 13.8. The van der Waals surface area contributed by atoms with Crippen LogP contribution in [0.15, 0.2) is 79.1 Å². The summed E-state index contributed by atoms with van der Waals surface area (Å²) in [6, 6.07) is 21.6. The number of benzene rings is 2. The summed E-state index contributed by atoms with van der Waals surface area (Å²) in [5.41, 5.74) is 1.72. The Morgan fingerprint density at radius 2 is 1.56 bits per heavy atom. The number of carbonyl (C=O) groups excluding carboxylic acids is 1. The van der Waals surface area contributed by atoms with E-state index in [1.165, 1.54) is 0 Å². The van der Waals surface area contributed by atoms with Crippen molar-refractivity contribution in [2.24, 2.45) is 0 Å². The van der Waals surface area contributed by atoms with E-state index in [9.17, 15) is 4.79 Å². The van der Waals surface area contributed by atoms with E-state index in [1.54, 1.807) is 12.4 Å². The molecule has 0 bridgehead atoms. The van der Waals surface area contributed by atoms with Gasteiger partial charge >= 0.3 is 6.03 Å². The standard InChI is InChI=1S/C24H23N7O/c32-24(27-21-6-5-18-3-1-2-4-19(18)17-21)31-15-13-30(14-16-31)23-8-7-22(28-29-23)26-20-9-11-25-12-10-20/h1-12,17H,13-16H2,(H,27,32)(H,25,26,28). The molecule has 0 radical (unpaired) electrons. The molecule has 1 fully saturated rings. The van der Waals surface area contributed by atoms with Gasteiger partial charge in [-0.05, 0) is 47.2 Å². The fourth-order valence-corrected chi connectivity index (χ4v) is 3.75. The number of aromatic nitrogens is 3. The van der Waals surface area contributed by atoms with E-state index in [0.29, 0.717) is 32.0 Å². The predicted molar refractivity (Wildman–Crippen MR) is 126 cm³/mol. The number of amides is 2. The minimum absolute atomic E-state index is 0.0806. The Morgan fingerprint density at radius 3 is 2.31 bits per heavy atom. The van der Waals surface area contributed by atoms with Crippen LogP contribution in [0.5, 0.6) is 0 Å². The molecule has 0 saturated carbocycles. The third-order valence-corrected chi connectivity index (χ3v) is 5.49. The zero-order chi connectivity index (χ0) is 21.8. The second-order valence-corrected chi connectivity index (χ2v) is 7.60. The second-order valence-electron chi connectivity index (χ2n) is 7.60. The Balaban J connectivity index is 1.16. The van der Waals surface area contributed by atoms with Crippen molar-refractivity contribution >= 4 is 39.8 Å². The molecule has 4 aromatic rings. The molecule has 2 aromatic carbocycles. The Bertz CT molecular complexity index is 1210. The first kappa shape index (κ1) is 19.7. The van der Waals surface area contributed by atoms with Gasteiger partial charge in [-0.3, -0.25) is 4.98 Å². The van der Waals surface area contributed by atoms with E-state index >= 15 is 0 Å². The van der Waals surface area contributed by atoms with Crippen LogP contribution >= 0.6 is 0 Å². The first-order valence-electron chi connectivity index (χ1n) is 10.5. The highest BCUT2D eigenvalue weighted by Gasteiger charge is 2.22. The first-order chi connectivity index (χ1) is 15.7. The highest BCUT2D eigenvalue weighted by atomic mass is 16.2. The summed E-state index contributed by atoms with van der Waals surface area (Å²) in [6.07, 6.45) is 3.44. The maximum absolute atomic E-state index is 12.7. The molecule has 2 N–H and O–H groups in total. The summed E-state index contributed by atoms with van der Waals surface area (Å²) in [5.74, 6) is 1.48. The van der Waals surface area contributed by atoms with Crippen molar-refractivity contribution in [2.75, 3.05) is 41.7 Å². The number of piperazine rings is 1. The molecule has 3 heterocycles. The van der Waals surface area contributed by atoms with Crippen molar-refractivity contribution in [3.8, 4) is 0 Å². The number of hydrogen-bond donors (Lipinski definition) is 2. The van der Waals surface area contributed by atoms with Gasteiger partial charge in [-0.15, -0.1) is 10.2 Å². The zero-order valence-corrected chi connectivity index (χ0v) is 17.5. The van der Waals surface area contributed by atoms with Crippen molar-refractivity contribution in [3.63, 3.8) is 0 Å². The van der Waals surface area contributed by atoms with Crippen LogP contribution in [0.2, 0.25) is 0 Å². The second kappa shape index (κ2) is 8.89. The van der Waals surface area contributed by atoms with Gasteiger partial charge < -0.3 is 20.4 Å².